The van der Waals surface area contributed by atoms with Crippen LogP contribution in [0.3, 0.4) is 0 Å². The molecule has 13 heavy (non-hydrogen) atoms. The van der Waals surface area contributed by atoms with Gasteiger partial charge in [0, 0.05) is 0 Å². The molecule has 0 saturated carbocycles. The maximum atomic E-state index is 2.72. The molecule has 0 aromatic carbocycles. The van der Waals surface area contributed by atoms with Gasteiger partial charge in [-0.3, -0.25) is 0 Å². The second-order valence-corrected chi connectivity index (χ2v) is 20.7. The normalized spacial score (nSPS) is 45.5. The van der Waals surface area contributed by atoms with Crippen molar-refractivity contribution in [3.8, 4) is 0 Å². The molecule has 0 N–H and O–H groups in total. The highest BCUT2D eigenvalue weighted by Gasteiger charge is 2.47. The molecule has 0 aliphatic carbocycles. The van der Waals surface area contributed by atoms with E-state index < -0.39 is 24.1 Å². The molecule has 1 rings (SSSR count). The highest BCUT2D eigenvalue weighted by Crippen LogP contribution is 2.28. The predicted octanol–water partition coefficient (Wildman–Crippen LogP) is 0.500. The van der Waals surface area contributed by atoms with E-state index in [0.29, 0.717) is 0 Å². The van der Waals surface area contributed by atoms with Crippen LogP contribution in [0.4, 0.5) is 0 Å². The van der Waals surface area contributed by atoms with E-state index >= 15 is 0 Å². The first-order valence-corrected chi connectivity index (χ1v) is 14.5. The van der Waals surface area contributed by atoms with Gasteiger partial charge in [-0.05, 0) is 40.8 Å². The third-order valence-electron chi connectivity index (χ3n) is 3.59. The highest BCUT2D eigenvalue weighted by molar-refractivity contribution is 14.1. The Morgan fingerprint density at radius 2 is 1.31 bits per heavy atom. The Hall–Kier alpha value is 1.26. The second-order valence-electron chi connectivity index (χ2n) is 4.06. The molecule has 1 aliphatic heterocycles. The van der Waals surface area contributed by atoms with Crippen LogP contribution in [-0.4, -0.2) is 58.0 Å². The zero-order valence-electron chi connectivity index (χ0n) is 9.37. The molecule has 1 aliphatic rings. The number of hydrogen-bond acceptors (Lipinski definition) is 3. The van der Waals surface area contributed by atoms with Crippen molar-refractivity contribution in [2.45, 2.75) is 19.6 Å². The summed E-state index contributed by atoms with van der Waals surface area (Å²) in [7, 11) is 5.44. The molecule has 2 atom stereocenters. The van der Waals surface area contributed by atoms with Crippen LogP contribution in [0.15, 0.2) is 0 Å². The molecule has 78 valence electrons. The molecule has 0 aromatic heterocycles. The third kappa shape index (κ3) is 1.96. The summed E-state index contributed by atoms with van der Waals surface area (Å²) in [5, 5.41) is 0. The smallest absolute Gasteiger partial charge is 0.260 e. The minimum absolute atomic E-state index is 0.763. The Bertz CT molecular complexity index is 186. The summed E-state index contributed by atoms with van der Waals surface area (Å²) in [5.74, 6) is -1.25. The molecular weight excluding hydrogens is 325 g/mol. The zero-order chi connectivity index (χ0) is 10.4. The van der Waals surface area contributed by atoms with Crippen molar-refractivity contribution >= 4 is 45.9 Å². The van der Waals surface area contributed by atoms with Crippen LogP contribution in [0.5, 0.6) is 0 Å². The topological polar surface area (TPSA) is 9.72 Å². The number of halogens is 1. The average Bonchev–Trinajstić information content (AvgIpc) is 2.09. The van der Waals surface area contributed by atoms with Crippen LogP contribution in [0.2, 0.25) is 19.6 Å². The Labute approximate surface area is 99.0 Å². The summed E-state index contributed by atoms with van der Waals surface area (Å²) in [6, 6.07) is 0. The molecule has 1 heterocycles. The molecular formula is C6H20IN3Si3. The summed E-state index contributed by atoms with van der Waals surface area (Å²) in [5.41, 5.74) is 0. The minimum Gasteiger partial charge on any atom is -0.330 e. The van der Waals surface area contributed by atoms with Crippen LogP contribution in [0.25, 0.3) is 0 Å². The van der Waals surface area contributed by atoms with Crippen LogP contribution < -0.4 is 0 Å². The molecule has 0 bridgehead atoms. The zero-order valence-corrected chi connectivity index (χ0v) is 14.8. The maximum absolute atomic E-state index is 2.72. The number of nitrogens with zero attached hydrogens (tertiary/aromatic N) is 3. The van der Waals surface area contributed by atoms with Gasteiger partial charge in [0.1, 0.15) is 0 Å². The van der Waals surface area contributed by atoms with Crippen molar-refractivity contribution in [2.24, 2.45) is 0 Å². The Morgan fingerprint density at radius 3 is 1.62 bits per heavy atom. The lowest BCUT2D eigenvalue weighted by molar-refractivity contribution is 0.542. The van der Waals surface area contributed by atoms with E-state index in [0.717, 1.165) is 0 Å². The van der Waals surface area contributed by atoms with E-state index in [9.17, 15) is 0 Å². The molecule has 0 radical (unpaired) electrons. The van der Waals surface area contributed by atoms with Crippen LogP contribution in [0, 0.1) is 0 Å². The van der Waals surface area contributed by atoms with Gasteiger partial charge in [0.05, 0.1) is 0 Å². The van der Waals surface area contributed by atoms with Gasteiger partial charge in [-0.2, -0.15) is 0 Å². The molecule has 0 spiro atoms. The minimum atomic E-state index is -1.25. The van der Waals surface area contributed by atoms with Gasteiger partial charge in [0.25, 0.3) is 5.89 Å². The van der Waals surface area contributed by atoms with Gasteiger partial charge in [0.2, 0.25) is 0 Å². The van der Waals surface area contributed by atoms with Crippen molar-refractivity contribution in [3.05, 3.63) is 0 Å². The standard InChI is InChI=1S/C6H20IN3Si3/c1-8-11(4)9(2)13(6,7)10(3)12(8)5/h11-12H,1-6H3. The summed E-state index contributed by atoms with van der Waals surface area (Å²) < 4.78 is 8.08. The lowest BCUT2D eigenvalue weighted by Crippen LogP contribution is -2.76. The van der Waals surface area contributed by atoms with Crippen molar-refractivity contribution in [2.75, 3.05) is 21.1 Å². The third-order valence-corrected chi connectivity index (χ3v) is 26.3. The first-order valence-electron chi connectivity index (χ1n) is 4.67. The Balaban J connectivity index is 2.93. The molecule has 2 unspecified atom stereocenters. The quantitative estimate of drug-likeness (QED) is 0.360. The second kappa shape index (κ2) is 4.02. The van der Waals surface area contributed by atoms with Crippen LogP contribution >= 0.6 is 21.8 Å². The van der Waals surface area contributed by atoms with Gasteiger partial charge in [-0.25, -0.2) is 0 Å². The maximum Gasteiger partial charge on any atom is 0.260 e. The van der Waals surface area contributed by atoms with Crippen molar-refractivity contribution in [1.82, 2.24) is 12.7 Å². The Kier molecular flexibility index (Phi) is 3.82. The summed E-state index contributed by atoms with van der Waals surface area (Å²) in [6.45, 7) is 7.38. The largest absolute Gasteiger partial charge is 0.330 e. The molecule has 3 nitrogen and oxygen atoms in total. The van der Waals surface area contributed by atoms with E-state index in [4.69, 9.17) is 0 Å². The Morgan fingerprint density at radius 1 is 1.00 bits per heavy atom. The monoisotopic (exact) mass is 345 g/mol. The molecule has 7 heteroatoms. The molecule has 0 amide bonds. The van der Waals surface area contributed by atoms with E-state index in [1.165, 1.54) is 0 Å². The van der Waals surface area contributed by atoms with E-state index in [-0.39, 0.29) is 0 Å². The SMILES string of the molecule is CN1[SiH](C)N(C)[Si](C)(I)N(C)[SiH]1C. The van der Waals surface area contributed by atoms with E-state index in [1.807, 2.05) is 0 Å². The van der Waals surface area contributed by atoms with Gasteiger partial charge in [0.15, 0.2) is 18.2 Å². The van der Waals surface area contributed by atoms with Crippen molar-refractivity contribution in [1.29, 1.82) is 0 Å². The fourth-order valence-electron chi connectivity index (χ4n) is 1.79. The van der Waals surface area contributed by atoms with Gasteiger partial charge < -0.3 is 12.7 Å². The fraction of sp³-hybridized carbons (Fsp3) is 1.00. The van der Waals surface area contributed by atoms with E-state index in [1.54, 1.807) is 0 Å². The average molecular weight is 345 g/mol. The lowest BCUT2D eigenvalue weighted by Gasteiger charge is -2.54. The van der Waals surface area contributed by atoms with Gasteiger partial charge >= 0.3 is 0 Å². The van der Waals surface area contributed by atoms with Crippen molar-refractivity contribution < 1.29 is 0 Å². The van der Waals surface area contributed by atoms with Crippen LogP contribution in [0.1, 0.15) is 0 Å². The van der Waals surface area contributed by atoms with E-state index in [2.05, 4.69) is 75.3 Å². The van der Waals surface area contributed by atoms with Crippen LogP contribution in [-0.2, 0) is 0 Å². The van der Waals surface area contributed by atoms with Gasteiger partial charge in [-0.15, -0.1) is 0 Å². The summed E-state index contributed by atoms with van der Waals surface area (Å²) in [4.78, 5) is 0. The number of rotatable bonds is 0. The summed E-state index contributed by atoms with van der Waals surface area (Å²) >= 11 is 2.72. The first kappa shape index (κ1) is 12.3. The molecule has 0 aromatic rings. The first-order chi connectivity index (χ1) is 5.80. The fourth-order valence-corrected chi connectivity index (χ4v) is 23.2. The van der Waals surface area contributed by atoms with Gasteiger partial charge in [-0.1, -0.05) is 21.8 Å². The summed E-state index contributed by atoms with van der Waals surface area (Å²) in [6.07, 6.45) is 0. The number of hydrogen-bond donors (Lipinski definition) is 0. The molecule has 1 saturated heterocycles. The predicted molar refractivity (Wildman–Crippen MR) is 75.0 cm³/mol. The highest BCUT2D eigenvalue weighted by atomic mass is 127. The van der Waals surface area contributed by atoms with Crippen molar-refractivity contribution in [3.63, 3.8) is 0 Å². The molecule has 1 fully saturated rings. The lowest BCUT2D eigenvalue weighted by atomic mass is 11.6.